The predicted molar refractivity (Wildman–Crippen MR) is 97.7 cm³/mol. The second-order valence-electron chi connectivity index (χ2n) is 5.57. The van der Waals surface area contributed by atoms with E-state index in [4.69, 9.17) is 9.47 Å². The van der Waals surface area contributed by atoms with Crippen LogP contribution in [-0.2, 0) is 16.0 Å². The molecule has 25 heavy (non-hydrogen) atoms. The number of ketones is 1. The Kier molecular flexibility index (Phi) is 6.52. The Labute approximate surface area is 148 Å². The Bertz CT molecular complexity index is 760. The summed E-state index contributed by atoms with van der Waals surface area (Å²) >= 11 is 0. The lowest BCUT2D eigenvalue weighted by Crippen LogP contribution is -2.23. The average Bonchev–Trinajstić information content (AvgIpc) is 2.66. The molecule has 0 aliphatic carbocycles. The molecule has 2 rings (SSSR count). The highest BCUT2D eigenvalue weighted by atomic mass is 16.5. The molecule has 0 fully saturated rings. The molecule has 130 valence electrons. The summed E-state index contributed by atoms with van der Waals surface area (Å²) in [5, 5.41) is 0. The van der Waals surface area contributed by atoms with Gasteiger partial charge in [0.15, 0.2) is 6.10 Å². The van der Waals surface area contributed by atoms with Crippen molar-refractivity contribution in [3.63, 3.8) is 0 Å². The van der Waals surface area contributed by atoms with Crippen LogP contribution in [0.2, 0.25) is 0 Å². The fourth-order valence-electron chi connectivity index (χ4n) is 2.37. The molecule has 0 spiro atoms. The number of rotatable bonds is 7. The average molecular weight is 338 g/mol. The van der Waals surface area contributed by atoms with Crippen molar-refractivity contribution in [2.75, 3.05) is 7.11 Å². The number of hydrogen-bond acceptors (Lipinski definition) is 4. The van der Waals surface area contributed by atoms with Crippen LogP contribution in [0.4, 0.5) is 0 Å². The normalized spacial score (nSPS) is 12.0. The highest BCUT2D eigenvalue weighted by Gasteiger charge is 2.18. The maximum absolute atomic E-state index is 12.3. The van der Waals surface area contributed by atoms with Gasteiger partial charge in [-0.2, -0.15) is 0 Å². The standard InChI is InChI=1S/C21H22O4/c1-4-16-9-11-18(12-10-16)21(23)15(2)25-20(22)14-13-17-7-5-6-8-19(17)24-3/h5-15H,4H2,1-3H3/b14-13+/t15-/m0/s1. The summed E-state index contributed by atoms with van der Waals surface area (Å²) < 4.78 is 10.4. The molecule has 4 nitrogen and oxygen atoms in total. The molecule has 1 atom stereocenters. The van der Waals surface area contributed by atoms with Crippen molar-refractivity contribution >= 4 is 17.8 Å². The van der Waals surface area contributed by atoms with Gasteiger partial charge in [-0.25, -0.2) is 4.79 Å². The summed E-state index contributed by atoms with van der Waals surface area (Å²) in [6.07, 6.45) is 2.96. The SMILES string of the molecule is CCc1ccc(C(=O)[C@H](C)OC(=O)/C=C/c2ccccc2OC)cc1. The van der Waals surface area contributed by atoms with Gasteiger partial charge in [0.05, 0.1) is 7.11 Å². The molecule has 0 bridgehead atoms. The van der Waals surface area contributed by atoms with Crippen LogP contribution >= 0.6 is 0 Å². The predicted octanol–water partition coefficient (Wildman–Crippen LogP) is 4.09. The van der Waals surface area contributed by atoms with Crippen LogP contribution < -0.4 is 4.74 Å². The zero-order valence-electron chi connectivity index (χ0n) is 14.7. The Morgan fingerprint density at radius 2 is 1.76 bits per heavy atom. The summed E-state index contributed by atoms with van der Waals surface area (Å²) in [5.74, 6) is -0.134. The quantitative estimate of drug-likeness (QED) is 0.433. The zero-order chi connectivity index (χ0) is 18.2. The first-order chi connectivity index (χ1) is 12.0. The minimum absolute atomic E-state index is 0.221. The third kappa shape index (κ3) is 5.05. The van der Waals surface area contributed by atoms with E-state index in [9.17, 15) is 9.59 Å². The maximum atomic E-state index is 12.3. The van der Waals surface area contributed by atoms with Crippen LogP contribution in [0.3, 0.4) is 0 Å². The number of para-hydroxylation sites is 1. The number of hydrogen-bond donors (Lipinski definition) is 0. The van der Waals surface area contributed by atoms with E-state index in [1.807, 2.05) is 30.3 Å². The zero-order valence-corrected chi connectivity index (χ0v) is 14.7. The van der Waals surface area contributed by atoms with Crippen LogP contribution in [0.15, 0.2) is 54.6 Å². The van der Waals surface area contributed by atoms with E-state index in [2.05, 4.69) is 6.92 Å². The fourth-order valence-corrected chi connectivity index (χ4v) is 2.37. The summed E-state index contributed by atoms with van der Waals surface area (Å²) in [6.45, 7) is 3.63. The monoisotopic (exact) mass is 338 g/mol. The highest BCUT2D eigenvalue weighted by Crippen LogP contribution is 2.18. The van der Waals surface area contributed by atoms with Crippen LogP contribution in [0.25, 0.3) is 6.08 Å². The molecule has 0 aromatic heterocycles. The van der Waals surface area contributed by atoms with Crippen LogP contribution in [0.1, 0.15) is 35.3 Å². The van der Waals surface area contributed by atoms with E-state index in [-0.39, 0.29) is 5.78 Å². The molecule has 2 aromatic rings. The van der Waals surface area contributed by atoms with Crippen LogP contribution in [0, 0.1) is 0 Å². The number of carbonyl (C=O) groups excluding carboxylic acids is 2. The number of methoxy groups -OCH3 is 1. The first-order valence-corrected chi connectivity index (χ1v) is 8.20. The third-order valence-electron chi connectivity index (χ3n) is 3.85. The number of ether oxygens (including phenoxy) is 2. The van der Waals surface area contributed by atoms with Crippen LogP contribution in [-0.4, -0.2) is 25.0 Å². The molecular formula is C21H22O4. The number of benzene rings is 2. The summed E-state index contributed by atoms with van der Waals surface area (Å²) in [6, 6.07) is 14.7. The van der Waals surface area contributed by atoms with Gasteiger partial charge in [0, 0.05) is 17.2 Å². The van der Waals surface area contributed by atoms with Gasteiger partial charge >= 0.3 is 5.97 Å². The maximum Gasteiger partial charge on any atom is 0.331 e. The summed E-state index contributed by atoms with van der Waals surface area (Å²) in [7, 11) is 1.57. The van der Waals surface area contributed by atoms with E-state index >= 15 is 0 Å². The number of esters is 1. The summed E-state index contributed by atoms with van der Waals surface area (Å²) in [5.41, 5.74) is 2.45. The van der Waals surface area contributed by atoms with Crippen molar-refractivity contribution in [3.05, 3.63) is 71.3 Å². The topological polar surface area (TPSA) is 52.6 Å². The largest absolute Gasteiger partial charge is 0.496 e. The van der Waals surface area contributed by atoms with E-state index in [1.54, 1.807) is 38.3 Å². The number of aryl methyl sites for hydroxylation is 1. The lowest BCUT2D eigenvalue weighted by atomic mass is 10.0. The molecule has 2 aromatic carbocycles. The van der Waals surface area contributed by atoms with Crippen molar-refractivity contribution in [1.82, 2.24) is 0 Å². The molecule has 0 aliphatic heterocycles. The van der Waals surface area contributed by atoms with Crippen LogP contribution in [0.5, 0.6) is 5.75 Å². The second-order valence-corrected chi connectivity index (χ2v) is 5.57. The minimum atomic E-state index is -0.845. The van der Waals surface area contributed by atoms with Crippen molar-refractivity contribution in [1.29, 1.82) is 0 Å². The van der Waals surface area contributed by atoms with Crippen molar-refractivity contribution in [2.45, 2.75) is 26.4 Å². The van der Waals surface area contributed by atoms with Gasteiger partial charge < -0.3 is 9.47 Å². The first kappa shape index (κ1) is 18.5. The molecule has 0 unspecified atom stereocenters. The van der Waals surface area contributed by atoms with Crippen molar-refractivity contribution in [2.24, 2.45) is 0 Å². The van der Waals surface area contributed by atoms with E-state index in [0.717, 1.165) is 17.5 Å². The molecule has 0 N–H and O–H groups in total. The lowest BCUT2D eigenvalue weighted by molar-refractivity contribution is -0.140. The van der Waals surface area contributed by atoms with Gasteiger partial charge in [-0.05, 0) is 31.1 Å². The molecular weight excluding hydrogens is 316 g/mol. The lowest BCUT2D eigenvalue weighted by Gasteiger charge is -2.11. The van der Waals surface area contributed by atoms with Gasteiger partial charge in [0.1, 0.15) is 5.75 Å². The molecule has 0 amide bonds. The number of Topliss-reactive ketones (excluding diaryl/α,β-unsaturated/α-hetero) is 1. The van der Waals surface area contributed by atoms with Gasteiger partial charge in [0.25, 0.3) is 0 Å². The molecule has 0 aliphatic rings. The van der Waals surface area contributed by atoms with Gasteiger partial charge in [-0.3, -0.25) is 4.79 Å². The Morgan fingerprint density at radius 3 is 2.40 bits per heavy atom. The minimum Gasteiger partial charge on any atom is -0.496 e. The Balaban J connectivity index is 1.99. The van der Waals surface area contributed by atoms with E-state index < -0.39 is 12.1 Å². The van der Waals surface area contributed by atoms with Crippen molar-refractivity contribution in [3.8, 4) is 5.75 Å². The molecule has 4 heteroatoms. The molecule has 0 saturated heterocycles. The number of carbonyl (C=O) groups is 2. The van der Waals surface area contributed by atoms with Gasteiger partial charge in [-0.15, -0.1) is 0 Å². The second kappa shape index (κ2) is 8.83. The highest BCUT2D eigenvalue weighted by molar-refractivity contribution is 6.01. The van der Waals surface area contributed by atoms with Crippen molar-refractivity contribution < 1.29 is 19.1 Å². The Morgan fingerprint density at radius 1 is 1.08 bits per heavy atom. The smallest absolute Gasteiger partial charge is 0.331 e. The first-order valence-electron chi connectivity index (χ1n) is 8.20. The van der Waals surface area contributed by atoms with Gasteiger partial charge in [-0.1, -0.05) is 49.4 Å². The van der Waals surface area contributed by atoms with E-state index in [0.29, 0.717) is 11.3 Å². The Hall–Kier alpha value is -2.88. The molecule has 0 saturated carbocycles. The fraction of sp³-hybridized carbons (Fsp3) is 0.238. The van der Waals surface area contributed by atoms with Gasteiger partial charge in [0.2, 0.25) is 5.78 Å². The molecule has 0 heterocycles. The summed E-state index contributed by atoms with van der Waals surface area (Å²) in [4.78, 5) is 24.3. The molecule has 0 radical (unpaired) electrons. The van der Waals surface area contributed by atoms with E-state index in [1.165, 1.54) is 6.08 Å². The third-order valence-corrected chi connectivity index (χ3v) is 3.85.